The van der Waals surface area contributed by atoms with E-state index in [0.717, 1.165) is 29.6 Å². The molecule has 0 aromatic carbocycles. The molecule has 4 atom stereocenters. The lowest BCUT2D eigenvalue weighted by atomic mass is 9.74. The van der Waals surface area contributed by atoms with Gasteiger partial charge in [-0.3, -0.25) is 0 Å². The largest absolute Gasteiger partial charge is 0.0651 e. The van der Waals surface area contributed by atoms with Crippen molar-refractivity contribution >= 4 is 0 Å². The molecule has 0 saturated heterocycles. The number of hydrogen-bond donors (Lipinski definition) is 0. The maximum Gasteiger partial charge on any atom is -0.0360 e. The van der Waals surface area contributed by atoms with E-state index in [4.69, 9.17) is 0 Å². The molecule has 2 fully saturated rings. The molecule has 4 unspecified atom stereocenters. The quantitative estimate of drug-likeness (QED) is 0.590. The highest BCUT2D eigenvalue weighted by atomic mass is 14.4. The van der Waals surface area contributed by atoms with Gasteiger partial charge in [0.2, 0.25) is 0 Å². The Balaban J connectivity index is 2.01. The van der Waals surface area contributed by atoms with E-state index in [1.807, 2.05) is 0 Å². The number of hydrogen-bond acceptors (Lipinski definition) is 0. The molecular formula is C17H32. The number of fused-ring (bicyclic) bond motifs is 3. The highest BCUT2D eigenvalue weighted by Crippen LogP contribution is 2.46. The zero-order valence-electron chi connectivity index (χ0n) is 12.3. The van der Waals surface area contributed by atoms with Crippen LogP contribution < -0.4 is 0 Å². The summed E-state index contributed by atoms with van der Waals surface area (Å²) in [6.07, 6.45) is 13.6. The first-order valence-electron chi connectivity index (χ1n) is 8.24. The minimum atomic E-state index is 1.01. The van der Waals surface area contributed by atoms with Gasteiger partial charge in [0.05, 0.1) is 0 Å². The normalized spacial score (nSPS) is 38.1. The van der Waals surface area contributed by atoms with Crippen LogP contribution in [0.3, 0.4) is 0 Å². The highest BCUT2D eigenvalue weighted by Gasteiger charge is 2.35. The van der Waals surface area contributed by atoms with Crippen molar-refractivity contribution in [2.45, 2.75) is 78.6 Å². The van der Waals surface area contributed by atoms with E-state index < -0.39 is 0 Å². The van der Waals surface area contributed by atoms with Gasteiger partial charge in [0.1, 0.15) is 0 Å². The van der Waals surface area contributed by atoms with Gasteiger partial charge in [-0.25, -0.2) is 0 Å². The standard InChI is InChI=1S/C17H32/c1-4-14(5-2)12-16-10-9-15-7-6-8-17(16)13(3)11-15/h13-17H,4-12H2,1-3H3. The van der Waals surface area contributed by atoms with Gasteiger partial charge >= 0.3 is 0 Å². The summed E-state index contributed by atoms with van der Waals surface area (Å²) in [6, 6.07) is 0. The van der Waals surface area contributed by atoms with Gasteiger partial charge < -0.3 is 0 Å². The summed E-state index contributed by atoms with van der Waals surface area (Å²) in [7, 11) is 0. The molecule has 2 aliphatic carbocycles. The van der Waals surface area contributed by atoms with Crippen LogP contribution in [-0.2, 0) is 0 Å². The van der Waals surface area contributed by atoms with Crippen LogP contribution >= 0.6 is 0 Å². The molecule has 100 valence electrons. The molecule has 0 aromatic heterocycles. The van der Waals surface area contributed by atoms with Crippen LogP contribution in [0.4, 0.5) is 0 Å². The molecule has 0 nitrogen and oxygen atoms in total. The van der Waals surface area contributed by atoms with Gasteiger partial charge in [-0.2, -0.15) is 0 Å². The lowest BCUT2D eigenvalue weighted by Crippen LogP contribution is -2.22. The molecule has 0 heterocycles. The first kappa shape index (κ1) is 13.4. The zero-order valence-corrected chi connectivity index (χ0v) is 12.3. The lowest BCUT2D eigenvalue weighted by Gasteiger charge is -2.32. The van der Waals surface area contributed by atoms with Crippen LogP contribution in [0.15, 0.2) is 0 Å². The Morgan fingerprint density at radius 1 is 1.00 bits per heavy atom. The Labute approximate surface area is 109 Å². The van der Waals surface area contributed by atoms with E-state index >= 15 is 0 Å². The summed E-state index contributed by atoms with van der Waals surface area (Å²) < 4.78 is 0. The van der Waals surface area contributed by atoms with Crippen LogP contribution in [0.5, 0.6) is 0 Å². The highest BCUT2D eigenvalue weighted by molar-refractivity contribution is 4.86. The van der Waals surface area contributed by atoms with E-state index in [1.165, 1.54) is 25.7 Å². The third kappa shape index (κ3) is 3.26. The zero-order chi connectivity index (χ0) is 12.3. The van der Waals surface area contributed by atoms with Gasteiger partial charge in [0, 0.05) is 0 Å². The van der Waals surface area contributed by atoms with Crippen LogP contribution in [0.2, 0.25) is 0 Å². The molecule has 17 heavy (non-hydrogen) atoms. The van der Waals surface area contributed by atoms with E-state index in [2.05, 4.69) is 20.8 Å². The smallest absolute Gasteiger partial charge is 0.0360 e. The van der Waals surface area contributed by atoms with Crippen LogP contribution in [0.1, 0.15) is 78.6 Å². The van der Waals surface area contributed by atoms with Crippen molar-refractivity contribution in [3.8, 4) is 0 Å². The van der Waals surface area contributed by atoms with E-state index in [1.54, 1.807) is 32.1 Å². The molecule has 0 aromatic rings. The fourth-order valence-corrected chi connectivity index (χ4v) is 4.71. The van der Waals surface area contributed by atoms with Gasteiger partial charge in [0.15, 0.2) is 0 Å². The van der Waals surface area contributed by atoms with E-state index in [0.29, 0.717) is 0 Å². The van der Waals surface area contributed by atoms with Gasteiger partial charge in [-0.1, -0.05) is 52.9 Å². The van der Waals surface area contributed by atoms with Crippen molar-refractivity contribution < 1.29 is 0 Å². The summed E-state index contributed by atoms with van der Waals surface area (Å²) in [6.45, 7) is 7.32. The molecule has 2 saturated carbocycles. The predicted molar refractivity (Wildman–Crippen MR) is 76.0 cm³/mol. The molecule has 2 aliphatic rings. The van der Waals surface area contributed by atoms with Crippen LogP contribution in [-0.4, -0.2) is 0 Å². The minimum absolute atomic E-state index is 1.01. The van der Waals surface area contributed by atoms with E-state index in [-0.39, 0.29) is 0 Å². The Morgan fingerprint density at radius 3 is 2.47 bits per heavy atom. The van der Waals surface area contributed by atoms with Gasteiger partial charge in [-0.05, 0) is 55.3 Å². The second-order valence-corrected chi connectivity index (χ2v) is 6.93. The Morgan fingerprint density at radius 2 is 1.76 bits per heavy atom. The average Bonchev–Trinajstić information content (AvgIpc) is 2.57. The first-order chi connectivity index (χ1) is 8.24. The minimum Gasteiger partial charge on any atom is -0.0651 e. The summed E-state index contributed by atoms with van der Waals surface area (Å²) in [5.74, 6) is 5.25. The Hall–Kier alpha value is 0. The van der Waals surface area contributed by atoms with E-state index in [9.17, 15) is 0 Å². The van der Waals surface area contributed by atoms with Crippen molar-refractivity contribution in [2.24, 2.45) is 29.6 Å². The molecule has 0 aliphatic heterocycles. The van der Waals surface area contributed by atoms with Gasteiger partial charge in [0.25, 0.3) is 0 Å². The Kier molecular flexibility index (Phi) is 4.94. The third-order valence-corrected chi connectivity index (χ3v) is 5.93. The molecule has 0 amide bonds. The summed E-state index contributed by atoms with van der Waals surface area (Å²) in [5, 5.41) is 0. The number of rotatable bonds is 4. The van der Waals surface area contributed by atoms with Crippen molar-refractivity contribution in [1.82, 2.24) is 0 Å². The van der Waals surface area contributed by atoms with Crippen molar-refractivity contribution in [3.63, 3.8) is 0 Å². The van der Waals surface area contributed by atoms with Gasteiger partial charge in [-0.15, -0.1) is 0 Å². The SMILES string of the molecule is CCC(CC)CC1CCC2CCCC1C(C)C2. The second-order valence-electron chi connectivity index (χ2n) is 6.93. The topological polar surface area (TPSA) is 0 Å². The van der Waals surface area contributed by atoms with Crippen molar-refractivity contribution in [1.29, 1.82) is 0 Å². The summed E-state index contributed by atoms with van der Waals surface area (Å²) >= 11 is 0. The molecule has 2 rings (SSSR count). The first-order valence-corrected chi connectivity index (χ1v) is 8.24. The third-order valence-electron chi connectivity index (χ3n) is 5.93. The fraction of sp³-hybridized carbons (Fsp3) is 1.00. The maximum atomic E-state index is 2.55. The summed E-state index contributed by atoms with van der Waals surface area (Å²) in [5.41, 5.74) is 0. The van der Waals surface area contributed by atoms with Crippen LogP contribution in [0.25, 0.3) is 0 Å². The van der Waals surface area contributed by atoms with Crippen molar-refractivity contribution in [3.05, 3.63) is 0 Å². The molecule has 0 radical (unpaired) electrons. The van der Waals surface area contributed by atoms with Crippen LogP contribution in [0, 0.1) is 29.6 Å². The lowest BCUT2D eigenvalue weighted by molar-refractivity contribution is 0.187. The molecule has 0 heteroatoms. The maximum absolute atomic E-state index is 2.55. The monoisotopic (exact) mass is 236 g/mol. The van der Waals surface area contributed by atoms with Crippen molar-refractivity contribution in [2.75, 3.05) is 0 Å². The Bertz CT molecular complexity index is 216. The molecule has 2 bridgehead atoms. The molecular weight excluding hydrogens is 204 g/mol. The molecule has 0 spiro atoms. The average molecular weight is 236 g/mol. The predicted octanol–water partition coefficient (Wildman–Crippen LogP) is 5.67. The second kappa shape index (κ2) is 6.25. The summed E-state index contributed by atoms with van der Waals surface area (Å²) in [4.78, 5) is 0. The fourth-order valence-electron chi connectivity index (χ4n) is 4.71. The molecule has 0 N–H and O–H groups in total.